The number of hydrogen-bond acceptors (Lipinski definition) is 1. The molecule has 1 aliphatic rings. The molecule has 0 aromatic carbocycles. The van der Waals surface area contributed by atoms with Crippen LogP contribution in [0, 0.1) is 17.3 Å². The lowest BCUT2D eigenvalue weighted by atomic mass is 9.81. The van der Waals surface area contributed by atoms with Crippen molar-refractivity contribution in [3.63, 3.8) is 0 Å². The van der Waals surface area contributed by atoms with Gasteiger partial charge in [-0.3, -0.25) is 0 Å². The van der Waals surface area contributed by atoms with Gasteiger partial charge < -0.3 is 5.32 Å². The molecule has 15 heavy (non-hydrogen) atoms. The van der Waals surface area contributed by atoms with Crippen molar-refractivity contribution in [2.24, 2.45) is 17.3 Å². The van der Waals surface area contributed by atoms with Gasteiger partial charge in [0.05, 0.1) is 0 Å². The molecule has 0 heterocycles. The predicted octanol–water partition coefficient (Wildman–Crippen LogP) is 3.84. The van der Waals surface area contributed by atoms with Crippen molar-refractivity contribution in [1.82, 2.24) is 5.32 Å². The van der Waals surface area contributed by atoms with Gasteiger partial charge in [0.1, 0.15) is 0 Å². The van der Waals surface area contributed by atoms with E-state index in [9.17, 15) is 0 Å². The highest BCUT2D eigenvalue weighted by molar-refractivity contribution is 4.78. The molecule has 1 aliphatic carbocycles. The summed E-state index contributed by atoms with van der Waals surface area (Å²) >= 11 is 0. The molecule has 1 fully saturated rings. The Labute approximate surface area is 96.0 Å². The zero-order valence-electron chi connectivity index (χ0n) is 11.3. The summed E-state index contributed by atoms with van der Waals surface area (Å²) in [5, 5.41) is 3.75. The monoisotopic (exact) mass is 211 g/mol. The Morgan fingerprint density at radius 3 is 2.13 bits per heavy atom. The van der Waals surface area contributed by atoms with E-state index in [2.05, 4.69) is 39.9 Å². The number of nitrogens with one attached hydrogen (secondary N) is 1. The minimum atomic E-state index is 0.439. The summed E-state index contributed by atoms with van der Waals surface area (Å²) in [5.74, 6) is 1.72. The van der Waals surface area contributed by atoms with Gasteiger partial charge in [0.15, 0.2) is 0 Å². The van der Waals surface area contributed by atoms with Gasteiger partial charge in [0.2, 0.25) is 0 Å². The molecule has 0 bridgehead atoms. The normalized spacial score (nSPS) is 30.2. The van der Waals surface area contributed by atoms with Gasteiger partial charge in [-0.05, 0) is 49.5 Å². The Balaban J connectivity index is 2.20. The Hall–Kier alpha value is -0.0400. The first kappa shape index (κ1) is 13.0. The van der Waals surface area contributed by atoms with Gasteiger partial charge >= 0.3 is 0 Å². The zero-order chi connectivity index (χ0) is 11.5. The van der Waals surface area contributed by atoms with E-state index in [1.807, 2.05) is 0 Å². The van der Waals surface area contributed by atoms with E-state index < -0.39 is 0 Å². The van der Waals surface area contributed by atoms with Crippen LogP contribution in [0.2, 0.25) is 0 Å². The first-order chi connectivity index (χ1) is 6.89. The summed E-state index contributed by atoms with van der Waals surface area (Å²) in [5.41, 5.74) is 0.439. The first-order valence-corrected chi connectivity index (χ1v) is 6.63. The first-order valence-electron chi connectivity index (χ1n) is 6.63. The summed E-state index contributed by atoms with van der Waals surface area (Å²) in [6.07, 6.45) is 5.61. The van der Waals surface area contributed by atoms with Crippen LogP contribution in [0.4, 0.5) is 0 Å². The Kier molecular flexibility index (Phi) is 4.64. The molecular formula is C14H29N. The van der Waals surface area contributed by atoms with Crippen LogP contribution >= 0.6 is 0 Å². The molecule has 1 nitrogen and oxygen atoms in total. The summed E-state index contributed by atoms with van der Waals surface area (Å²) < 4.78 is 0. The number of rotatable bonds is 3. The molecule has 0 radical (unpaired) electrons. The molecule has 1 unspecified atom stereocenters. The molecule has 90 valence electrons. The third-order valence-electron chi connectivity index (χ3n) is 4.21. The van der Waals surface area contributed by atoms with Crippen LogP contribution in [-0.2, 0) is 0 Å². The lowest BCUT2D eigenvalue weighted by Crippen LogP contribution is -2.38. The quantitative estimate of drug-likeness (QED) is 0.748. The van der Waals surface area contributed by atoms with Crippen LogP contribution < -0.4 is 5.32 Å². The second kappa shape index (κ2) is 5.34. The smallest absolute Gasteiger partial charge is 0.00673 e. The van der Waals surface area contributed by atoms with E-state index in [1.54, 1.807) is 0 Å². The van der Waals surface area contributed by atoms with Crippen molar-refractivity contribution in [3.05, 3.63) is 0 Å². The van der Waals surface area contributed by atoms with Gasteiger partial charge in [-0.15, -0.1) is 0 Å². The van der Waals surface area contributed by atoms with Crippen LogP contribution in [0.5, 0.6) is 0 Å². The highest BCUT2D eigenvalue weighted by Gasteiger charge is 2.22. The highest BCUT2D eigenvalue weighted by Crippen LogP contribution is 2.26. The standard InChI is InChI=1S/C14H29N/c1-11-6-8-13(9-7-11)15-10-12(2)14(3,4)5/h11-13,15H,6-10H2,1-5H3. The largest absolute Gasteiger partial charge is 0.314 e. The lowest BCUT2D eigenvalue weighted by Gasteiger charge is -2.32. The average Bonchev–Trinajstić information content (AvgIpc) is 2.15. The average molecular weight is 211 g/mol. The molecule has 1 heteroatoms. The summed E-state index contributed by atoms with van der Waals surface area (Å²) in [6, 6.07) is 0.797. The van der Waals surface area contributed by atoms with Crippen molar-refractivity contribution in [1.29, 1.82) is 0 Å². The molecule has 0 spiro atoms. The van der Waals surface area contributed by atoms with E-state index in [-0.39, 0.29) is 0 Å². The molecule has 0 aromatic heterocycles. The Bertz CT molecular complexity index is 172. The second-order valence-corrected chi connectivity index (χ2v) is 6.63. The van der Waals surface area contributed by atoms with Crippen LogP contribution in [0.25, 0.3) is 0 Å². The summed E-state index contributed by atoms with van der Waals surface area (Å²) in [7, 11) is 0. The molecule has 1 saturated carbocycles. The topological polar surface area (TPSA) is 12.0 Å². The molecule has 1 N–H and O–H groups in total. The Morgan fingerprint density at radius 1 is 1.13 bits per heavy atom. The third-order valence-corrected chi connectivity index (χ3v) is 4.21. The maximum Gasteiger partial charge on any atom is 0.00673 e. The van der Waals surface area contributed by atoms with E-state index in [0.29, 0.717) is 5.41 Å². The van der Waals surface area contributed by atoms with Crippen molar-refractivity contribution in [3.8, 4) is 0 Å². The summed E-state index contributed by atoms with van der Waals surface area (Å²) in [4.78, 5) is 0. The molecule has 0 aliphatic heterocycles. The third kappa shape index (κ3) is 4.55. The van der Waals surface area contributed by atoms with Gasteiger partial charge in [-0.2, -0.15) is 0 Å². The van der Waals surface area contributed by atoms with Crippen LogP contribution in [-0.4, -0.2) is 12.6 Å². The van der Waals surface area contributed by atoms with Crippen molar-refractivity contribution in [2.75, 3.05) is 6.54 Å². The molecule has 1 atom stereocenters. The van der Waals surface area contributed by atoms with Crippen LogP contribution in [0.15, 0.2) is 0 Å². The summed E-state index contributed by atoms with van der Waals surface area (Å²) in [6.45, 7) is 12.9. The molecular weight excluding hydrogens is 182 g/mol. The van der Waals surface area contributed by atoms with E-state index in [1.165, 1.54) is 32.2 Å². The zero-order valence-corrected chi connectivity index (χ0v) is 11.3. The fraction of sp³-hybridized carbons (Fsp3) is 1.00. The van der Waals surface area contributed by atoms with Crippen molar-refractivity contribution in [2.45, 2.75) is 66.3 Å². The molecule has 0 aromatic rings. The maximum atomic E-state index is 3.75. The van der Waals surface area contributed by atoms with Gasteiger partial charge in [-0.1, -0.05) is 34.6 Å². The highest BCUT2D eigenvalue weighted by atomic mass is 14.9. The fourth-order valence-corrected chi connectivity index (χ4v) is 2.11. The molecule has 1 rings (SSSR count). The van der Waals surface area contributed by atoms with Crippen LogP contribution in [0.3, 0.4) is 0 Å². The van der Waals surface area contributed by atoms with Gasteiger partial charge in [0, 0.05) is 6.04 Å². The Morgan fingerprint density at radius 2 is 1.67 bits per heavy atom. The fourth-order valence-electron chi connectivity index (χ4n) is 2.11. The van der Waals surface area contributed by atoms with E-state index >= 15 is 0 Å². The van der Waals surface area contributed by atoms with Crippen molar-refractivity contribution >= 4 is 0 Å². The number of hydrogen-bond donors (Lipinski definition) is 1. The minimum Gasteiger partial charge on any atom is -0.314 e. The maximum absolute atomic E-state index is 3.75. The molecule has 0 saturated heterocycles. The lowest BCUT2D eigenvalue weighted by molar-refractivity contribution is 0.227. The van der Waals surface area contributed by atoms with E-state index in [4.69, 9.17) is 0 Å². The van der Waals surface area contributed by atoms with Gasteiger partial charge in [0.25, 0.3) is 0 Å². The van der Waals surface area contributed by atoms with Crippen LogP contribution in [0.1, 0.15) is 60.3 Å². The van der Waals surface area contributed by atoms with E-state index in [0.717, 1.165) is 17.9 Å². The molecule has 0 amide bonds. The minimum absolute atomic E-state index is 0.439. The predicted molar refractivity (Wildman–Crippen MR) is 68.0 cm³/mol. The van der Waals surface area contributed by atoms with Crippen molar-refractivity contribution < 1.29 is 0 Å². The van der Waals surface area contributed by atoms with Gasteiger partial charge in [-0.25, -0.2) is 0 Å². The SMILES string of the molecule is CC1CCC(NCC(C)C(C)(C)C)CC1. The second-order valence-electron chi connectivity index (χ2n) is 6.63.